The van der Waals surface area contributed by atoms with Crippen LogP contribution in [0, 0.1) is 0 Å². The second-order valence-corrected chi connectivity index (χ2v) is 6.52. The van der Waals surface area contributed by atoms with Gasteiger partial charge < -0.3 is 15.1 Å². The molecule has 2 heterocycles. The number of amides is 2. The largest absolute Gasteiger partial charge is 0.459 e. The smallest absolute Gasteiger partial charge is 0.287 e. The summed E-state index contributed by atoms with van der Waals surface area (Å²) < 4.78 is 6.67. The van der Waals surface area contributed by atoms with Gasteiger partial charge in [0.1, 0.15) is 5.69 Å². The van der Waals surface area contributed by atoms with E-state index in [1.165, 1.54) is 6.26 Å². The molecule has 2 aromatic carbocycles. The molecule has 0 unspecified atom stereocenters. The van der Waals surface area contributed by atoms with Gasteiger partial charge >= 0.3 is 0 Å². The van der Waals surface area contributed by atoms with Crippen LogP contribution < -0.4 is 10.6 Å². The van der Waals surface area contributed by atoms with Gasteiger partial charge in [-0.25, -0.2) is 4.68 Å². The molecule has 0 spiro atoms. The fourth-order valence-electron chi connectivity index (χ4n) is 3.00. The van der Waals surface area contributed by atoms with Crippen molar-refractivity contribution in [2.24, 2.45) is 0 Å². The maximum Gasteiger partial charge on any atom is 0.287 e. The zero-order chi connectivity index (χ0) is 20.8. The van der Waals surface area contributed by atoms with Gasteiger partial charge in [0, 0.05) is 18.7 Å². The first-order valence-electron chi connectivity index (χ1n) is 9.53. The van der Waals surface area contributed by atoms with Crippen molar-refractivity contribution in [1.29, 1.82) is 0 Å². The molecule has 0 aliphatic rings. The van der Waals surface area contributed by atoms with Crippen molar-refractivity contribution < 1.29 is 14.0 Å². The molecule has 0 atom stereocenters. The molecule has 4 rings (SSSR count). The van der Waals surface area contributed by atoms with E-state index in [1.807, 2.05) is 60.7 Å². The lowest BCUT2D eigenvalue weighted by atomic mass is 10.1. The van der Waals surface area contributed by atoms with E-state index >= 15 is 0 Å². The van der Waals surface area contributed by atoms with Gasteiger partial charge in [0.15, 0.2) is 5.76 Å². The van der Waals surface area contributed by atoms with E-state index in [1.54, 1.807) is 22.9 Å². The standard InChI is InChI=1S/C23H20N4O3/c28-22(24-13-14-25-23(29)21-12-7-15-30-21)20-16-19(17-8-3-1-4-9-17)26-27(20)18-10-5-2-6-11-18/h1-12,15-16H,13-14H2,(H,24,28)(H,25,29). The number of furan rings is 1. The molecule has 2 aromatic heterocycles. The molecular formula is C23H20N4O3. The van der Waals surface area contributed by atoms with Crippen LogP contribution in [0.5, 0.6) is 0 Å². The molecule has 7 nitrogen and oxygen atoms in total. The normalized spacial score (nSPS) is 10.5. The van der Waals surface area contributed by atoms with Gasteiger partial charge in [-0.05, 0) is 30.3 Å². The van der Waals surface area contributed by atoms with Crippen molar-refractivity contribution in [3.63, 3.8) is 0 Å². The molecule has 2 amide bonds. The zero-order valence-corrected chi connectivity index (χ0v) is 16.1. The van der Waals surface area contributed by atoms with Gasteiger partial charge in [0.2, 0.25) is 0 Å². The highest BCUT2D eigenvalue weighted by atomic mass is 16.3. The summed E-state index contributed by atoms with van der Waals surface area (Å²) in [6.07, 6.45) is 1.44. The first-order chi connectivity index (χ1) is 14.7. The summed E-state index contributed by atoms with van der Waals surface area (Å²) in [7, 11) is 0. The van der Waals surface area contributed by atoms with Gasteiger partial charge in [-0.15, -0.1) is 0 Å². The minimum atomic E-state index is -0.324. The molecule has 0 fully saturated rings. The molecule has 2 N–H and O–H groups in total. The molecule has 0 radical (unpaired) electrons. The zero-order valence-electron chi connectivity index (χ0n) is 16.1. The Balaban J connectivity index is 1.48. The Kier molecular flexibility index (Phi) is 5.70. The van der Waals surface area contributed by atoms with E-state index in [2.05, 4.69) is 15.7 Å². The van der Waals surface area contributed by atoms with Crippen molar-refractivity contribution in [3.05, 3.63) is 96.6 Å². The van der Waals surface area contributed by atoms with Gasteiger partial charge in [0.25, 0.3) is 11.8 Å². The number of nitrogens with zero attached hydrogens (tertiary/aromatic N) is 2. The summed E-state index contributed by atoms with van der Waals surface area (Å²) in [6.45, 7) is 0.544. The molecule has 0 bridgehead atoms. The molecule has 7 heteroatoms. The average molecular weight is 400 g/mol. The lowest BCUT2D eigenvalue weighted by molar-refractivity contribution is 0.0908. The fourth-order valence-corrected chi connectivity index (χ4v) is 3.00. The van der Waals surface area contributed by atoms with Crippen LogP contribution in [-0.2, 0) is 0 Å². The van der Waals surface area contributed by atoms with Crippen LogP contribution in [0.25, 0.3) is 16.9 Å². The maximum absolute atomic E-state index is 12.9. The van der Waals surface area contributed by atoms with Gasteiger partial charge in [-0.1, -0.05) is 48.5 Å². The SMILES string of the molecule is O=C(NCCNC(=O)c1cc(-c2ccccc2)nn1-c1ccccc1)c1ccco1. The highest BCUT2D eigenvalue weighted by Crippen LogP contribution is 2.21. The van der Waals surface area contributed by atoms with Crippen LogP contribution >= 0.6 is 0 Å². The number of carbonyl (C=O) groups is 2. The number of aromatic nitrogens is 2. The van der Waals surface area contributed by atoms with E-state index < -0.39 is 0 Å². The van der Waals surface area contributed by atoms with Crippen LogP contribution in [0.1, 0.15) is 21.0 Å². The second kappa shape index (κ2) is 8.91. The summed E-state index contributed by atoms with van der Waals surface area (Å²) in [4.78, 5) is 24.7. The molecule has 0 aliphatic carbocycles. The first kappa shape index (κ1) is 19.2. The van der Waals surface area contributed by atoms with E-state index in [0.717, 1.165) is 11.3 Å². The van der Waals surface area contributed by atoms with Crippen LogP contribution in [-0.4, -0.2) is 34.7 Å². The Bertz CT molecular complexity index is 1120. The fraction of sp³-hybridized carbons (Fsp3) is 0.0870. The lowest BCUT2D eigenvalue weighted by Crippen LogP contribution is -2.35. The van der Waals surface area contributed by atoms with Crippen LogP contribution in [0.2, 0.25) is 0 Å². The Morgan fingerprint density at radius 2 is 1.50 bits per heavy atom. The summed E-state index contributed by atoms with van der Waals surface area (Å²) in [5, 5.41) is 10.2. The summed E-state index contributed by atoms with van der Waals surface area (Å²) in [5.41, 5.74) is 2.83. The highest BCUT2D eigenvalue weighted by Gasteiger charge is 2.17. The van der Waals surface area contributed by atoms with E-state index in [4.69, 9.17) is 4.42 Å². The molecular weight excluding hydrogens is 380 g/mol. The Hall–Kier alpha value is -4.13. The first-order valence-corrected chi connectivity index (χ1v) is 9.53. The van der Waals surface area contributed by atoms with E-state index in [0.29, 0.717) is 11.4 Å². The molecule has 0 aliphatic heterocycles. The Labute approximate surface area is 173 Å². The van der Waals surface area contributed by atoms with E-state index in [9.17, 15) is 9.59 Å². The van der Waals surface area contributed by atoms with Crippen molar-refractivity contribution in [1.82, 2.24) is 20.4 Å². The van der Waals surface area contributed by atoms with Gasteiger partial charge in [0.05, 0.1) is 17.6 Å². The molecule has 0 saturated carbocycles. The van der Waals surface area contributed by atoms with Crippen molar-refractivity contribution in [3.8, 4) is 16.9 Å². The topological polar surface area (TPSA) is 89.2 Å². The quantitative estimate of drug-likeness (QED) is 0.466. The third kappa shape index (κ3) is 4.30. The summed E-state index contributed by atoms with van der Waals surface area (Å²) >= 11 is 0. The summed E-state index contributed by atoms with van der Waals surface area (Å²) in [5.74, 6) is -0.369. The molecule has 30 heavy (non-hydrogen) atoms. The lowest BCUT2D eigenvalue weighted by Gasteiger charge is -2.08. The van der Waals surface area contributed by atoms with E-state index in [-0.39, 0.29) is 30.7 Å². The Morgan fingerprint density at radius 1 is 0.833 bits per heavy atom. The van der Waals surface area contributed by atoms with Crippen LogP contribution in [0.15, 0.2) is 89.5 Å². The maximum atomic E-state index is 12.9. The number of hydrogen-bond acceptors (Lipinski definition) is 4. The third-order valence-corrected chi connectivity index (χ3v) is 4.45. The molecule has 0 saturated heterocycles. The van der Waals surface area contributed by atoms with Crippen molar-refractivity contribution in [2.75, 3.05) is 13.1 Å². The number of benzene rings is 2. The minimum absolute atomic E-state index is 0.232. The number of nitrogens with one attached hydrogen (secondary N) is 2. The van der Waals surface area contributed by atoms with Gasteiger partial charge in [-0.3, -0.25) is 9.59 Å². The average Bonchev–Trinajstić information content (AvgIpc) is 3.48. The molecule has 4 aromatic rings. The monoisotopic (exact) mass is 400 g/mol. The summed E-state index contributed by atoms with van der Waals surface area (Å²) in [6, 6.07) is 24.2. The number of carbonyl (C=O) groups excluding carboxylic acids is 2. The molecule has 150 valence electrons. The van der Waals surface area contributed by atoms with Crippen molar-refractivity contribution >= 4 is 11.8 Å². The van der Waals surface area contributed by atoms with Gasteiger partial charge in [-0.2, -0.15) is 5.10 Å². The van der Waals surface area contributed by atoms with Crippen molar-refractivity contribution in [2.45, 2.75) is 0 Å². The van der Waals surface area contributed by atoms with Crippen LogP contribution in [0.3, 0.4) is 0 Å². The predicted molar refractivity (Wildman–Crippen MR) is 112 cm³/mol. The number of para-hydroxylation sites is 1. The second-order valence-electron chi connectivity index (χ2n) is 6.52. The highest BCUT2D eigenvalue weighted by molar-refractivity contribution is 5.94. The third-order valence-electron chi connectivity index (χ3n) is 4.45. The van der Waals surface area contributed by atoms with Crippen LogP contribution in [0.4, 0.5) is 0 Å². The predicted octanol–water partition coefficient (Wildman–Crippen LogP) is 3.29. The minimum Gasteiger partial charge on any atom is -0.459 e. The Morgan fingerprint density at radius 3 is 2.17 bits per heavy atom. The number of rotatable bonds is 7. The number of hydrogen-bond donors (Lipinski definition) is 2.